The number of tetrazole rings is 1. The van der Waals surface area contributed by atoms with Gasteiger partial charge >= 0.3 is 0 Å². The summed E-state index contributed by atoms with van der Waals surface area (Å²) in [5.74, 6) is 1.75. The number of aromatic nitrogens is 4. The van der Waals surface area contributed by atoms with Crippen LogP contribution in [0, 0.1) is 0 Å². The predicted molar refractivity (Wildman–Crippen MR) is 85.5 cm³/mol. The second kappa shape index (κ2) is 6.28. The van der Waals surface area contributed by atoms with Gasteiger partial charge in [-0.3, -0.25) is 4.79 Å². The van der Waals surface area contributed by atoms with E-state index >= 15 is 0 Å². The number of hydrogen-bond donors (Lipinski definition) is 1. The molecule has 1 aliphatic heterocycles. The van der Waals surface area contributed by atoms with E-state index in [1.807, 2.05) is 35.7 Å². The Hall–Kier alpha value is -2.94. The molecule has 4 rings (SSSR count). The molecule has 9 heteroatoms. The lowest BCUT2D eigenvalue weighted by molar-refractivity contribution is -0.122. The lowest BCUT2D eigenvalue weighted by atomic mass is 10.2. The van der Waals surface area contributed by atoms with Crippen LogP contribution in [0.3, 0.4) is 0 Å². The van der Waals surface area contributed by atoms with Crippen LogP contribution in [0.2, 0.25) is 0 Å². The molecule has 122 valence electrons. The molecule has 24 heavy (non-hydrogen) atoms. The van der Waals surface area contributed by atoms with Crippen LogP contribution in [0.15, 0.2) is 35.7 Å². The van der Waals surface area contributed by atoms with Gasteiger partial charge in [-0.1, -0.05) is 12.1 Å². The molecule has 3 aromatic rings. The number of ether oxygens (including phenoxy) is 2. The van der Waals surface area contributed by atoms with E-state index in [4.69, 9.17) is 9.47 Å². The van der Waals surface area contributed by atoms with Gasteiger partial charge in [-0.2, -0.15) is 4.80 Å². The Morgan fingerprint density at radius 1 is 1.29 bits per heavy atom. The molecule has 2 aromatic heterocycles. The molecule has 0 unspecified atom stereocenters. The fourth-order valence-electron chi connectivity index (χ4n) is 2.25. The maximum absolute atomic E-state index is 12.0. The van der Waals surface area contributed by atoms with Crippen LogP contribution in [0.1, 0.15) is 5.56 Å². The van der Waals surface area contributed by atoms with Gasteiger partial charge in [0.05, 0.1) is 4.88 Å². The Morgan fingerprint density at radius 2 is 2.21 bits per heavy atom. The minimum Gasteiger partial charge on any atom is -0.454 e. The van der Waals surface area contributed by atoms with E-state index in [-0.39, 0.29) is 19.2 Å². The average Bonchev–Trinajstić information content (AvgIpc) is 3.32. The number of fused-ring (bicyclic) bond motifs is 1. The van der Waals surface area contributed by atoms with Crippen LogP contribution in [-0.2, 0) is 17.9 Å². The van der Waals surface area contributed by atoms with Gasteiger partial charge in [0.25, 0.3) is 0 Å². The number of nitrogens with zero attached hydrogens (tertiary/aromatic N) is 4. The number of rotatable bonds is 5. The van der Waals surface area contributed by atoms with Crippen LogP contribution >= 0.6 is 11.3 Å². The Balaban J connectivity index is 1.34. The minimum absolute atomic E-state index is 0.0168. The fraction of sp³-hybridized carbons (Fsp3) is 0.200. The van der Waals surface area contributed by atoms with E-state index in [9.17, 15) is 4.79 Å². The molecule has 1 aliphatic rings. The quantitative estimate of drug-likeness (QED) is 0.754. The molecule has 8 nitrogen and oxygen atoms in total. The third-order valence-corrected chi connectivity index (χ3v) is 4.27. The highest BCUT2D eigenvalue weighted by atomic mass is 32.1. The molecular formula is C15H13N5O3S. The summed E-state index contributed by atoms with van der Waals surface area (Å²) < 4.78 is 10.6. The van der Waals surface area contributed by atoms with Gasteiger partial charge in [-0.05, 0) is 34.4 Å². The molecule has 0 radical (unpaired) electrons. The van der Waals surface area contributed by atoms with Crippen molar-refractivity contribution in [3.05, 3.63) is 41.3 Å². The summed E-state index contributed by atoms with van der Waals surface area (Å²) in [6.07, 6.45) is 0. The molecule has 1 N–H and O–H groups in total. The molecule has 1 aromatic carbocycles. The van der Waals surface area contributed by atoms with Crippen molar-refractivity contribution in [2.24, 2.45) is 0 Å². The van der Waals surface area contributed by atoms with E-state index in [2.05, 4.69) is 20.7 Å². The number of benzene rings is 1. The lowest BCUT2D eigenvalue weighted by Gasteiger charge is -2.05. The van der Waals surface area contributed by atoms with Crippen molar-refractivity contribution in [2.75, 3.05) is 6.79 Å². The molecule has 0 bridgehead atoms. The van der Waals surface area contributed by atoms with Crippen molar-refractivity contribution in [1.29, 1.82) is 0 Å². The summed E-state index contributed by atoms with van der Waals surface area (Å²) in [5, 5.41) is 16.8. The van der Waals surface area contributed by atoms with Gasteiger partial charge in [0.1, 0.15) is 6.54 Å². The molecule has 3 heterocycles. The topological polar surface area (TPSA) is 91.2 Å². The van der Waals surface area contributed by atoms with Crippen LogP contribution < -0.4 is 14.8 Å². The smallest absolute Gasteiger partial charge is 0.243 e. The maximum atomic E-state index is 12.0. The molecule has 1 amide bonds. The molecule has 0 aliphatic carbocycles. The van der Waals surface area contributed by atoms with Crippen molar-refractivity contribution in [1.82, 2.24) is 25.5 Å². The van der Waals surface area contributed by atoms with Crippen LogP contribution in [-0.4, -0.2) is 32.9 Å². The van der Waals surface area contributed by atoms with Crippen molar-refractivity contribution in [3.63, 3.8) is 0 Å². The average molecular weight is 343 g/mol. The number of amides is 1. The molecule has 0 fully saturated rings. The standard InChI is InChI=1S/C15H13N5O3S/c21-14(8-20-18-15(17-19-20)13-2-1-5-24-13)16-7-10-3-4-11-12(6-10)23-9-22-11/h1-6H,7-9H2,(H,16,21). The normalized spacial score (nSPS) is 12.3. The van der Waals surface area contributed by atoms with Gasteiger partial charge in [-0.25, -0.2) is 0 Å². The minimum atomic E-state index is -0.192. The molecule has 0 spiro atoms. The number of thiophene rings is 1. The second-order valence-corrected chi connectivity index (χ2v) is 6.03. The van der Waals surface area contributed by atoms with Gasteiger partial charge in [0, 0.05) is 6.54 Å². The zero-order chi connectivity index (χ0) is 16.4. The molecule has 0 atom stereocenters. The van der Waals surface area contributed by atoms with E-state index in [0.717, 1.165) is 16.2 Å². The van der Waals surface area contributed by atoms with Crippen LogP contribution in [0.25, 0.3) is 10.7 Å². The van der Waals surface area contributed by atoms with Crippen LogP contribution in [0.5, 0.6) is 11.5 Å². The second-order valence-electron chi connectivity index (χ2n) is 5.09. The van der Waals surface area contributed by atoms with Gasteiger partial charge in [0.2, 0.25) is 18.5 Å². The monoisotopic (exact) mass is 343 g/mol. The largest absolute Gasteiger partial charge is 0.454 e. The first-order valence-electron chi connectivity index (χ1n) is 7.25. The van der Waals surface area contributed by atoms with Crippen molar-refractivity contribution >= 4 is 17.2 Å². The first kappa shape index (κ1) is 14.6. The Kier molecular flexibility index (Phi) is 3.83. The SMILES string of the molecule is O=C(Cn1nnc(-c2cccs2)n1)NCc1ccc2c(c1)OCO2. The van der Waals surface area contributed by atoms with Crippen molar-refractivity contribution in [3.8, 4) is 22.2 Å². The predicted octanol–water partition coefficient (Wildman–Crippen LogP) is 1.45. The Bertz CT molecular complexity index is 862. The first-order chi connectivity index (χ1) is 11.8. The highest BCUT2D eigenvalue weighted by Gasteiger charge is 2.14. The summed E-state index contributed by atoms with van der Waals surface area (Å²) in [4.78, 5) is 14.2. The number of carbonyl (C=O) groups is 1. The van der Waals surface area contributed by atoms with E-state index in [0.29, 0.717) is 18.1 Å². The zero-order valence-corrected chi connectivity index (χ0v) is 13.3. The number of nitrogens with one attached hydrogen (secondary N) is 1. The van der Waals surface area contributed by atoms with E-state index < -0.39 is 0 Å². The highest BCUT2D eigenvalue weighted by molar-refractivity contribution is 7.13. The van der Waals surface area contributed by atoms with Gasteiger partial charge < -0.3 is 14.8 Å². The highest BCUT2D eigenvalue weighted by Crippen LogP contribution is 2.32. The Morgan fingerprint density at radius 3 is 3.08 bits per heavy atom. The molecular weight excluding hydrogens is 330 g/mol. The van der Waals surface area contributed by atoms with E-state index in [1.54, 1.807) is 0 Å². The number of carbonyl (C=O) groups excluding carboxylic acids is 1. The number of hydrogen-bond acceptors (Lipinski definition) is 7. The summed E-state index contributed by atoms with van der Waals surface area (Å²) in [6.45, 7) is 0.639. The summed E-state index contributed by atoms with van der Waals surface area (Å²) in [5.41, 5.74) is 0.929. The van der Waals surface area contributed by atoms with Crippen molar-refractivity contribution < 1.29 is 14.3 Å². The van der Waals surface area contributed by atoms with Crippen LogP contribution in [0.4, 0.5) is 0 Å². The third kappa shape index (κ3) is 3.06. The first-order valence-corrected chi connectivity index (χ1v) is 8.13. The summed E-state index contributed by atoms with van der Waals surface area (Å²) in [7, 11) is 0. The van der Waals surface area contributed by atoms with Gasteiger partial charge in [-0.15, -0.1) is 21.5 Å². The fourth-order valence-corrected chi connectivity index (χ4v) is 2.90. The lowest BCUT2D eigenvalue weighted by Crippen LogP contribution is -2.28. The Labute approximate surface area is 141 Å². The maximum Gasteiger partial charge on any atom is 0.243 e. The van der Waals surface area contributed by atoms with Crippen molar-refractivity contribution in [2.45, 2.75) is 13.1 Å². The zero-order valence-electron chi connectivity index (χ0n) is 12.5. The summed E-state index contributed by atoms with van der Waals surface area (Å²) in [6, 6.07) is 9.39. The third-order valence-electron chi connectivity index (χ3n) is 3.41. The van der Waals surface area contributed by atoms with Gasteiger partial charge in [0.15, 0.2) is 11.5 Å². The molecule has 0 saturated heterocycles. The summed E-state index contributed by atoms with van der Waals surface area (Å²) >= 11 is 1.52. The van der Waals surface area contributed by atoms with E-state index in [1.165, 1.54) is 16.1 Å². The molecule has 0 saturated carbocycles.